The van der Waals surface area contributed by atoms with Gasteiger partial charge in [-0.3, -0.25) is 0 Å². The van der Waals surface area contributed by atoms with Crippen molar-refractivity contribution in [3.05, 3.63) is 29.8 Å². The van der Waals surface area contributed by atoms with E-state index in [2.05, 4.69) is 24.5 Å². The number of nitrogens with one attached hydrogen (secondary N) is 2. The molecular formula is C15H25N3O2. The highest BCUT2D eigenvalue weighted by Gasteiger charge is 2.04. The number of rotatable bonds is 7. The molecule has 0 fully saturated rings. The molecule has 1 unspecified atom stereocenters. The van der Waals surface area contributed by atoms with Crippen molar-refractivity contribution < 1.29 is 9.53 Å². The first-order valence-corrected chi connectivity index (χ1v) is 6.97. The Labute approximate surface area is 120 Å². The van der Waals surface area contributed by atoms with Crippen molar-refractivity contribution in [3.8, 4) is 0 Å². The molecule has 5 nitrogen and oxygen atoms in total. The third-order valence-corrected chi connectivity index (χ3v) is 2.65. The number of carbonyl (C=O) groups excluding carboxylic acids is 1. The van der Waals surface area contributed by atoms with Gasteiger partial charge in [0.05, 0.1) is 6.61 Å². The van der Waals surface area contributed by atoms with Gasteiger partial charge in [0.2, 0.25) is 0 Å². The number of carbonyl (C=O) groups is 1. The van der Waals surface area contributed by atoms with Gasteiger partial charge in [-0.2, -0.15) is 0 Å². The number of ether oxygens (including phenoxy) is 1. The maximum Gasteiger partial charge on any atom is 0.319 e. The zero-order valence-electron chi connectivity index (χ0n) is 12.5. The number of hydrogen-bond acceptors (Lipinski definition) is 3. The minimum atomic E-state index is -0.236. The second-order valence-electron chi connectivity index (χ2n) is 5.26. The maximum absolute atomic E-state index is 11.7. The van der Waals surface area contributed by atoms with Crippen LogP contribution >= 0.6 is 0 Å². The molecule has 1 atom stereocenters. The lowest BCUT2D eigenvalue weighted by atomic mass is 10.1. The molecule has 0 spiro atoms. The molecule has 1 rings (SSSR count). The predicted octanol–water partition coefficient (Wildman–Crippen LogP) is 2.50. The summed E-state index contributed by atoms with van der Waals surface area (Å²) >= 11 is 0. The van der Waals surface area contributed by atoms with Crippen molar-refractivity contribution in [2.45, 2.75) is 26.8 Å². The van der Waals surface area contributed by atoms with Gasteiger partial charge in [0.15, 0.2) is 0 Å². The molecule has 0 saturated heterocycles. The average Bonchev–Trinajstić information content (AvgIpc) is 2.38. The third-order valence-electron chi connectivity index (χ3n) is 2.65. The molecule has 4 N–H and O–H groups in total. The SMILES string of the molecule is CC(C)COCCNC(=O)Nc1cccc(C(C)N)c1. The van der Waals surface area contributed by atoms with Gasteiger partial charge < -0.3 is 21.1 Å². The summed E-state index contributed by atoms with van der Waals surface area (Å²) < 4.78 is 5.39. The van der Waals surface area contributed by atoms with Gasteiger partial charge in [-0.05, 0) is 30.5 Å². The zero-order valence-corrected chi connectivity index (χ0v) is 12.5. The van der Waals surface area contributed by atoms with Gasteiger partial charge in [-0.1, -0.05) is 26.0 Å². The van der Waals surface area contributed by atoms with E-state index in [1.807, 2.05) is 31.2 Å². The monoisotopic (exact) mass is 279 g/mol. The Hall–Kier alpha value is -1.59. The van der Waals surface area contributed by atoms with E-state index in [4.69, 9.17) is 10.5 Å². The average molecular weight is 279 g/mol. The molecule has 0 saturated carbocycles. The molecule has 0 aliphatic heterocycles. The van der Waals surface area contributed by atoms with Gasteiger partial charge in [0, 0.05) is 24.9 Å². The highest BCUT2D eigenvalue weighted by Crippen LogP contribution is 2.15. The topological polar surface area (TPSA) is 76.4 Å². The van der Waals surface area contributed by atoms with Crippen LogP contribution in [0.3, 0.4) is 0 Å². The number of benzene rings is 1. The zero-order chi connectivity index (χ0) is 15.0. The fourth-order valence-electron chi connectivity index (χ4n) is 1.63. The van der Waals surface area contributed by atoms with Crippen LogP contribution in [0, 0.1) is 5.92 Å². The van der Waals surface area contributed by atoms with Crippen LogP contribution in [0.25, 0.3) is 0 Å². The Morgan fingerprint density at radius 1 is 1.35 bits per heavy atom. The van der Waals surface area contributed by atoms with Gasteiger partial charge in [-0.15, -0.1) is 0 Å². The molecule has 20 heavy (non-hydrogen) atoms. The number of anilines is 1. The van der Waals surface area contributed by atoms with Crippen LogP contribution in [0.5, 0.6) is 0 Å². The van der Waals surface area contributed by atoms with E-state index in [1.165, 1.54) is 0 Å². The normalized spacial score (nSPS) is 12.2. The molecule has 112 valence electrons. The summed E-state index contributed by atoms with van der Waals surface area (Å²) in [4.78, 5) is 11.7. The molecule has 0 radical (unpaired) electrons. The lowest BCUT2D eigenvalue weighted by molar-refractivity contribution is 0.113. The van der Waals surface area contributed by atoms with E-state index in [9.17, 15) is 4.79 Å². The van der Waals surface area contributed by atoms with E-state index < -0.39 is 0 Å². The quantitative estimate of drug-likeness (QED) is 0.671. The Kier molecular flexibility index (Phi) is 7.04. The molecule has 0 aliphatic rings. The van der Waals surface area contributed by atoms with Gasteiger partial charge >= 0.3 is 6.03 Å². The van der Waals surface area contributed by atoms with Crippen LogP contribution in [0.15, 0.2) is 24.3 Å². The van der Waals surface area contributed by atoms with E-state index >= 15 is 0 Å². The van der Waals surface area contributed by atoms with Crippen LogP contribution in [0.4, 0.5) is 10.5 Å². The number of amides is 2. The Morgan fingerprint density at radius 2 is 2.10 bits per heavy atom. The second kappa shape index (κ2) is 8.55. The summed E-state index contributed by atoms with van der Waals surface area (Å²) in [5.41, 5.74) is 7.53. The molecule has 0 aliphatic carbocycles. The first-order valence-electron chi connectivity index (χ1n) is 6.97. The number of hydrogen-bond donors (Lipinski definition) is 3. The second-order valence-corrected chi connectivity index (χ2v) is 5.26. The highest BCUT2D eigenvalue weighted by atomic mass is 16.5. The van der Waals surface area contributed by atoms with E-state index in [0.29, 0.717) is 25.7 Å². The summed E-state index contributed by atoms with van der Waals surface area (Å²) in [6, 6.07) is 7.23. The van der Waals surface area contributed by atoms with Crippen LogP contribution in [-0.2, 0) is 4.74 Å². The van der Waals surface area contributed by atoms with E-state index in [0.717, 1.165) is 11.3 Å². The van der Waals surface area contributed by atoms with Crippen LogP contribution in [0.1, 0.15) is 32.4 Å². The standard InChI is InChI=1S/C15H25N3O2/c1-11(2)10-20-8-7-17-15(19)18-14-6-4-5-13(9-14)12(3)16/h4-6,9,11-12H,7-8,10,16H2,1-3H3,(H2,17,18,19). The van der Waals surface area contributed by atoms with Gasteiger partial charge in [0.1, 0.15) is 0 Å². The van der Waals surface area contributed by atoms with Crippen LogP contribution in [0.2, 0.25) is 0 Å². The van der Waals surface area contributed by atoms with Crippen molar-refractivity contribution in [1.82, 2.24) is 5.32 Å². The Balaban J connectivity index is 2.30. The summed E-state index contributed by atoms with van der Waals surface area (Å²) in [6.45, 7) is 7.80. The minimum Gasteiger partial charge on any atom is -0.379 e. The van der Waals surface area contributed by atoms with Crippen molar-refractivity contribution in [3.63, 3.8) is 0 Å². The largest absolute Gasteiger partial charge is 0.379 e. The summed E-state index contributed by atoms with van der Waals surface area (Å²) in [5.74, 6) is 0.504. The van der Waals surface area contributed by atoms with Crippen molar-refractivity contribution in [2.24, 2.45) is 11.7 Å². The molecule has 1 aromatic carbocycles. The molecular weight excluding hydrogens is 254 g/mol. The fraction of sp³-hybridized carbons (Fsp3) is 0.533. The highest BCUT2D eigenvalue weighted by molar-refractivity contribution is 5.89. The van der Waals surface area contributed by atoms with Crippen molar-refractivity contribution in [1.29, 1.82) is 0 Å². The number of nitrogens with two attached hydrogens (primary N) is 1. The number of urea groups is 1. The van der Waals surface area contributed by atoms with Crippen LogP contribution in [-0.4, -0.2) is 25.8 Å². The van der Waals surface area contributed by atoms with Crippen molar-refractivity contribution in [2.75, 3.05) is 25.1 Å². The lowest BCUT2D eigenvalue weighted by Crippen LogP contribution is -2.31. The maximum atomic E-state index is 11.7. The molecule has 1 aromatic rings. The molecule has 2 amide bonds. The van der Waals surface area contributed by atoms with E-state index in [-0.39, 0.29) is 12.1 Å². The lowest BCUT2D eigenvalue weighted by Gasteiger charge is -2.11. The van der Waals surface area contributed by atoms with Gasteiger partial charge in [-0.25, -0.2) is 4.79 Å². The summed E-state index contributed by atoms with van der Waals surface area (Å²) in [6.07, 6.45) is 0. The van der Waals surface area contributed by atoms with Crippen LogP contribution < -0.4 is 16.4 Å². The first-order chi connectivity index (χ1) is 9.49. The Bertz CT molecular complexity index is 419. The molecule has 0 aromatic heterocycles. The third kappa shape index (κ3) is 6.54. The first kappa shape index (κ1) is 16.5. The Morgan fingerprint density at radius 3 is 2.75 bits per heavy atom. The fourth-order valence-corrected chi connectivity index (χ4v) is 1.63. The van der Waals surface area contributed by atoms with Crippen molar-refractivity contribution >= 4 is 11.7 Å². The predicted molar refractivity (Wildman–Crippen MR) is 81.7 cm³/mol. The smallest absolute Gasteiger partial charge is 0.319 e. The van der Waals surface area contributed by atoms with E-state index in [1.54, 1.807) is 0 Å². The summed E-state index contributed by atoms with van der Waals surface area (Å²) in [7, 11) is 0. The molecule has 5 heteroatoms. The minimum absolute atomic E-state index is 0.0516. The molecule has 0 bridgehead atoms. The summed E-state index contributed by atoms with van der Waals surface area (Å²) in [5, 5.41) is 5.52. The van der Waals surface area contributed by atoms with Gasteiger partial charge in [0.25, 0.3) is 0 Å². The molecule has 0 heterocycles.